The average molecular weight is 350 g/mol. The molecule has 0 aliphatic heterocycles. The molecule has 0 aliphatic carbocycles. The van der Waals surface area contributed by atoms with E-state index >= 15 is 0 Å². The van der Waals surface area contributed by atoms with Gasteiger partial charge in [0.1, 0.15) is 0 Å². The SMILES string of the molecule is CCCOc1ccc(CN(CCC)Cc2cnc(N)s2)cc1OC. The van der Waals surface area contributed by atoms with E-state index in [0.29, 0.717) is 11.7 Å². The van der Waals surface area contributed by atoms with Gasteiger partial charge in [0.15, 0.2) is 16.6 Å². The third-order valence-electron chi connectivity index (χ3n) is 3.59. The van der Waals surface area contributed by atoms with Crippen molar-refractivity contribution >= 4 is 16.5 Å². The molecule has 24 heavy (non-hydrogen) atoms. The largest absolute Gasteiger partial charge is 0.493 e. The van der Waals surface area contributed by atoms with Gasteiger partial charge in [0.25, 0.3) is 0 Å². The van der Waals surface area contributed by atoms with Crippen LogP contribution < -0.4 is 15.2 Å². The fraction of sp³-hybridized carbons (Fsp3) is 0.500. The minimum Gasteiger partial charge on any atom is -0.493 e. The van der Waals surface area contributed by atoms with Crippen LogP contribution in [0.25, 0.3) is 0 Å². The number of methoxy groups -OCH3 is 1. The standard InChI is InChI=1S/C18H27N3O2S/c1-4-8-21(13-15-11-20-18(19)24-15)12-14-6-7-16(23-9-5-2)17(10-14)22-3/h6-7,10-11H,4-5,8-9,12-13H2,1-3H3,(H2,19,20). The summed E-state index contributed by atoms with van der Waals surface area (Å²) >= 11 is 1.55. The lowest BCUT2D eigenvalue weighted by Crippen LogP contribution is -2.23. The number of hydrogen-bond donors (Lipinski definition) is 1. The number of anilines is 1. The van der Waals surface area contributed by atoms with Crippen LogP contribution in [0.2, 0.25) is 0 Å². The Balaban J connectivity index is 2.07. The molecule has 0 unspecified atom stereocenters. The van der Waals surface area contributed by atoms with Crippen LogP contribution in [-0.4, -0.2) is 30.1 Å². The predicted octanol–water partition coefficient (Wildman–Crippen LogP) is 3.93. The van der Waals surface area contributed by atoms with E-state index in [1.165, 1.54) is 10.4 Å². The van der Waals surface area contributed by atoms with E-state index in [4.69, 9.17) is 15.2 Å². The normalized spacial score (nSPS) is 11.0. The van der Waals surface area contributed by atoms with E-state index in [9.17, 15) is 0 Å². The van der Waals surface area contributed by atoms with E-state index in [1.807, 2.05) is 12.3 Å². The summed E-state index contributed by atoms with van der Waals surface area (Å²) in [5.41, 5.74) is 6.94. The first-order valence-electron chi connectivity index (χ1n) is 8.38. The quantitative estimate of drug-likeness (QED) is 0.704. The highest BCUT2D eigenvalue weighted by Crippen LogP contribution is 2.29. The van der Waals surface area contributed by atoms with Crippen molar-refractivity contribution in [3.8, 4) is 11.5 Å². The number of ether oxygens (including phenoxy) is 2. The summed E-state index contributed by atoms with van der Waals surface area (Å²) in [5.74, 6) is 1.60. The lowest BCUT2D eigenvalue weighted by molar-refractivity contribution is 0.258. The van der Waals surface area contributed by atoms with E-state index in [2.05, 4.69) is 35.9 Å². The summed E-state index contributed by atoms with van der Waals surface area (Å²) < 4.78 is 11.2. The van der Waals surface area contributed by atoms with E-state index < -0.39 is 0 Å². The van der Waals surface area contributed by atoms with Gasteiger partial charge >= 0.3 is 0 Å². The second kappa shape index (κ2) is 9.49. The van der Waals surface area contributed by atoms with Crippen LogP contribution in [-0.2, 0) is 13.1 Å². The molecule has 132 valence electrons. The average Bonchev–Trinajstić information content (AvgIpc) is 2.98. The summed E-state index contributed by atoms with van der Waals surface area (Å²) in [4.78, 5) is 7.73. The first kappa shape index (κ1) is 18.5. The highest BCUT2D eigenvalue weighted by molar-refractivity contribution is 7.15. The molecule has 0 bridgehead atoms. The van der Waals surface area contributed by atoms with Crippen LogP contribution in [0.4, 0.5) is 5.13 Å². The molecule has 0 spiro atoms. The van der Waals surface area contributed by atoms with Gasteiger partial charge in [-0.2, -0.15) is 0 Å². The number of nitrogen functional groups attached to an aromatic ring is 1. The predicted molar refractivity (Wildman–Crippen MR) is 99.7 cm³/mol. The number of benzene rings is 1. The second-order valence-corrected chi connectivity index (χ2v) is 6.86. The maximum atomic E-state index is 5.73. The Morgan fingerprint density at radius 1 is 1.17 bits per heavy atom. The maximum absolute atomic E-state index is 5.73. The first-order valence-corrected chi connectivity index (χ1v) is 9.20. The molecule has 0 atom stereocenters. The highest BCUT2D eigenvalue weighted by Gasteiger charge is 2.11. The summed E-state index contributed by atoms with van der Waals surface area (Å²) in [6, 6.07) is 6.17. The van der Waals surface area contributed by atoms with Crippen molar-refractivity contribution in [1.29, 1.82) is 0 Å². The van der Waals surface area contributed by atoms with Crippen molar-refractivity contribution in [1.82, 2.24) is 9.88 Å². The first-order chi connectivity index (χ1) is 11.7. The Hall–Kier alpha value is -1.79. The lowest BCUT2D eigenvalue weighted by atomic mass is 10.1. The van der Waals surface area contributed by atoms with Crippen LogP contribution in [0.3, 0.4) is 0 Å². The molecule has 0 saturated heterocycles. The molecule has 2 aromatic rings. The van der Waals surface area contributed by atoms with E-state index in [-0.39, 0.29) is 0 Å². The van der Waals surface area contributed by atoms with Gasteiger partial charge in [-0.05, 0) is 37.1 Å². The topological polar surface area (TPSA) is 60.6 Å². The van der Waals surface area contributed by atoms with Gasteiger partial charge in [0, 0.05) is 24.2 Å². The van der Waals surface area contributed by atoms with Gasteiger partial charge in [0.05, 0.1) is 13.7 Å². The minimum absolute atomic E-state index is 0.626. The molecule has 0 amide bonds. The minimum atomic E-state index is 0.626. The molecule has 0 saturated carbocycles. The number of rotatable bonds is 10. The third-order valence-corrected chi connectivity index (χ3v) is 4.40. The van der Waals surface area contributed by atoms with Gasteiger partial charge in [-0.1, -0.05) is 19.9 Å². The summed E-state index contributed by atoms with van der Waals surface area (Å²) in [6.07, 6.45) is 3.95. The molecule has 6 heteroatoms. The van der Waals surface area contributed by atoms with Crippen molar-refractivity contribution < 1.29 is 9.47 Å². The Labute approximate surface area is 148 Å². The zero-order chi connectivity index (χ0) is 17.4. The Bertz CT molecular complexity index is 630. The molecule has 5 nitrogen and oxygen atoms in total. The number of aromatic nitrogens is 1. The molecule has 0 aliphatic rings. The van der Waals surface area contributed by atoms with Crippen LogP contribution in [0.15, 0.2) is 24.4 Å². The molecular weight excluding hydrogens is 322 g/mol. The highest BCUT2D eigenvalue weighted by atomic mass is 32.1. The van der Waals surface area contributed by atoms with Crippen LogP contribution in [0, 0.1) is 0 Å². The molecule has 1 heterocycles. The maximum Gasteiger partial charge on any atom is 0.180 e. The summed E-state index contributed by atoms with van der Waals surface area (Å²) in [5, 5.41) is 0.626. The van der Waals surface area contributed by atoms with E-state index in [0.717, 1.165) is 44.0 Å². The van der Waals surface area contributed by atoms with Crippen LogP contribution >= 0.6 is 11.3 Å². The third kappa shape index (κ3) is 5.39. The zero-order valence-corrected chi connectivity index (χ0v) is 15.6. The van der Waals surface area contributed by atoms with Crippen molar-refractivity contribution in [3.05, 3.63) is 34.8 Å². The molecule has 0 fully saturated rings. The van der Waals surface area contributed by atoms with Crippen molar-refractivity contribution in [2.45, 2.75) is 39.8 Å². The fourth-order valence-electron chi connectivity index (χ4n) is 2.55. The molecule has 2 N–H and O–H groups in total. The second-order valence-electron chi connectivity index (χ2n) is 5.71. The van der Waals surface area contributed by atoms with Gasteiger partial charge < -0.3 is 15.2 Å². The Morgan fingerprint density at radius 2 is 2.00 bits per heavy atom. The molecule has 1 aromatic heterocycles. The van der Waals surface area contributed by atoms with Crippen molar-refractivity contribution in [3.63, 3.8) is 0 Å². The summed E-state index contributed by atoms with van der Waals surface area (Å²) in [7, 11) is 1.68. The Morgan fingerprint density at radius 3 is 2.62 bits per heavy atom. The smallest absolute Gasteiger partial charge is 0.180 e. The zero-order valence-electron chi connectivity index (χ0n) is 14.7. The summed E-state index contributed by atoms with van der Waals surface area (Å²) in [6.45, 7) is 7.72. The van der Waals surface area contributed by atoms with E-state index in [1.54, 1.807) is 18.4 Å². The van der Waals surface area contributed by atoms with Crippen molar-refractivity contribution in [2.75, 3.05) is 26.0 Å². The number of nitrogens with zero attached hydrogens (tertiary/aromatic N) is 2. The van der Waals surface area contributed by atoms with Crippen molar-refractivity contribution in [2.24, 2.45) is 0 Å². The van der Waals surface area contributed by atoms with Crippen LogP contribution in [0.5, 0.6) is 11.5 Å². The number of thiazole rings is 1. The van der Waals surface area contributed by atoms with Gasteiger partial charge in [-0.15, -0.1) is 11.3 Å². The Kier molecular flexibility index (Phi) is 7.34. The molecule has 0 radical (unpaired) electrons. The van der Waals surface area contributed by atoms with Crippen LogP contribution in [0.1, 0.15) is 37.1 Å². The molecule has 1 aromatic carbocycles. The lowest BCUT2D eigenvalue weighted by Gasteiger charge is -2.21. The number of hydrogen-bond acceptors (Lipinski definition) is 6. The molecule has 2 rings (SSSR count). The molecular formula is C18H27N3O2S. The van der Waals surface area contributed by atoms with Gasteiger partial charge in [-0.25, -0.2) is 4.98 Å². The number of nitrogens with two attached hydrogens (primary N) is 1. The fourth-order valence-corrected chi connectivity index (χ4v) is 3.27. The monoisotopic (exact) mass is 349 g/mol. The van der Waals surface area contributed by atoms with Gasteiger partial charge in [-0.3, -0.25) is 4.90 Å². The van der Waals surface area contributed by atoms with Gasteiger partial charge in [0.2, 0.25) is 0 Å².